The van der Waals surface area contributed by atoms with Crippen LogP contribution in [-0.4, -0.2) is 43.5 Å². The summed E-state index contributed by atoms with van der Waals surface area (Å²) in [5.41, 5.74) is 1.64. The topological polar surface area (TPSA) is 67.9 Å². The summed E-state index contributed by atoms with van der Waals surface area (Å²) < 4.78 is 11.0. The molecule has 1 aliphatic rings. The number of benzene rings is 2. The molecule has 1 fully saturated rings. The maximum atomic E-state index is 12.6. The second kappa shape index (κ2) is 11.0. The number of rotatable bonds is 8. The fraction of sp³-hybridized carbons (Fsp3) is 0.417. The lowest BCUT2D eigenvalue weighted by molar-refractivity contribution is -0.134. The van der Waals surface area contributed by atoms with Gasteiger partial charge in [-0.3, -0.25) is 9.59 Å². The first-order valence-corrected chi connectivity index (χ1v) is 11.0. The monoisotopic (exact) mass is 444 g/mol. The summed E-state index contributed by atoms with van der Waals surface area (Å²) in [5.74, 6) is 1.38. The maximum Gasteiger partial charge on any atom is 0.227 e. The van der Waals surface area contributed by atoms with Crippen LogP contribution in [-0.2, 0) is 9.59 Å². The minimum Gasteiger partial charge on any atom is -0.495 e. The molecular weight excluding hydrogens is 416 g/mol. The molecular formula is C24H29ClN2O4. The fourth-order valence-corrected chi connectivity index (χ4v) is 3.77. The minimum absolute atomic E-state index is 0.0248. The van der Waals surface area contributed by atoms with Gasteiger partial charge < -0.3 is 19.7 Å². The van der Waals surface area contributed by atoms with Gasteiger partial charge >= 0.3 is 0 Å². The Morgan fingerprint density at radius 2 is 1.90 bits per heavy atom. The van der Waals surface area contributed by atoms with Crippen molar-refractivity contribution in [2.24, 2.45) is 5.92 Å². The second-order valence-corrected chi connectivity index (χ2v) is 8.11. The molecule has 6 nitrogen and oxygen atoms in total. The Morgan fingerprint density at radius 1 is 1.16 bits per heavy atom. The number of hydrogen-bond acceptors (Lipinski definition) is 4. The van der Waals surface area contributed by atoms with Crippen molar-refractivity contribution in [3.63, 3.8) is 0 Å². The average Bonchev–Trinajstić information content (AvgIpc) is 2.79. The average molecular weight is 445 g/mol. The third kappa shape index (κ3) is 6.37. The number of methoxy groups -OCH3 is 1. The third-order valence-corrected chi connectivity index (χ3v) is 5.94. The van der Waals surface area contributed by atoms with E-state index in [4.69, 9.17) is 21.1 Å². The van der Waals surface area contributed by atoms with Crippen LogP contribution in [0.25, 0.3) is 0 Å². The number of anilines is 1. The van der Waals surface area contributed by atoms with E-state index in [1.807, 2.05) is 54.3 Å². The number of hydrogen-bond donors (Lipinski definition) is 1. The molecule has 1 aliphatic heterocycles. The molecule has 0 unspecified atom stereocenters. The molecule has 2 aromatic carbocycles. The zero-order valence-electron chi connectivity index (χ0n) is 18.0. The largest absolute Gasteiger partial charge is 0.495 e. The summed E-state index contributed by atoms with van der Waals surface area (Å²) in [4.78, 5) is 26.9. The number of aryl methyl sites for hydroxylation is 1. The number of nitrogens with zero attached hydrogens (tertiary/aromatic N) is 1. The maximum absolute atomic E-state index is 12.6. The molecule has 3 rings (SSSR count). The van der Waals surface area contributed by atoms with Gasteiger partial charge in [0.2, 0.25) is 11.8 Å². The second-order valence-electron chi connectivity index (χ2n) is 7.71. The zero-order valence-corrected chi connectivity index (χ0v) is 18.8. The van der Waals surface area contributed by atoms with Crippen molar-refractivity contribution in [1.82, 2.24) is 4.90 Å². The lowest BCUT2D eigenvalue weighted by Crippen LogP contribution is -2.41. The van der Waals surface area contributed by atoms with Gasteiger partial charge in [0, 0.05) is 30.5 Å². The first-order chi connectivity index (χ1) is 15.0. The molecule has 31 heavy (non-hydrogen) atoms. The Hall–Kier alpha value is -2.73. The SMILES string of the molecule is COc1ccccc1NC(=O)C1CCN(C(=O)CCCOc2ccc(Cl)c(C)c2)CC1. The van der Waals surface area contributed by atoms with Gasteiger partial charge in [-0.05, 0) is 62.1 Å². The highest BCUT2D eigenvalue weighted by molar-refractivity contribution is 6.31. The van der Waals surface area contributed by atoms with Crippen LogP contribution in [0.15, 0.2) is 42.5 Å². The molecule has 2 aromatic rings. The van der Waals surface area contributed by atoms with Crippen LogP contribution in [0.4, 0.5) is 5.69 Å². The highest BCUT2D eigenvalue weighted by Gasteiger charge is 2.27. The zero-order chi connectivity index (χ0) is 22.2. The van der Waals surface area contributed by atoms with Crippen LogP contribution in [0.1, 0.15) is 31.2 Å². The van der Waals surface area contributed by atoms with Crippen LogP contribution in [0.2, 0.25) is 5.02 Å². The first kappa shape index (κ1) is 22.9. The van der Waals surface area contributed by atoms with Gasteiger partial charge in [0.05, 0.1) is 19.4 Å². The quantitative estimate of drug-likeness (QED) is 0.599. The molecule has 166 valence electrons. The van der Waals surface area contributed by atoms with Crippen molar-refractivity contribution in [2.75, 3.05) is 32.1 Å². The summed E-state index contributed by atoms with van der Waals surface area (Å²) in [6, 6.07) is 12.9. The van der Waals surface area contributed by atoms with Gasteiger partial charge in [-0.25, -0.2) is 0 Å². The van der Waals surface area contributed by atoms with Crippen molar-refractivity contribution in [1.29, 1.82) is 0 Å². The van der Waals surface area contributed by atoms with Crippen LogP contribution in [0.3, 0.4) is 0 Å². The molecule has 1 saturated heterocycles. The van der Waals surface area contributed by atoms with Gasteiger partial charge in [-0.2, -0.15) is 0 Å². The fourth-order valence-electron chi connectivity index (χ4n) is 3.65. The number of halogens is 1. The van der Waals surface area contributed by atoms with Crippen LogP contribution < -0.4 is 14.8 Å². The number of para-hydroxylation sites is 2. The Morgan fingerprint density at radius 3 is 2.61 bits per heavy atom. The van der Waals surface area contributed by atoms with Crippen molar-refractivity contribution in [3.05, 3.63) is 53.1 Å². The van der Waals surface area contributed by atoms with E-state index in [-0.39, 0.29) is 17.7 Å². The number of carbonyl (C=O) groups excluding carboxylic acids is 2. The number of nitrogens with one attached hydrogen (secondary N) is 1. The van der Waals surface area contributed by atoms with E-state index in [1.165, 1.54) is 0 Å². The predicted octanol–water partition coefficient (Wildman–Crippen LogP) is 4.69. The first-order valence-electron chi connectivity index (χ1n) is 10.6. The Labute approximate surface area is 188 Å². The smallest absolute Gasteiger partial charge is 0.227 e. The molecule has 0 aliphatic carbocycles. The van der Waals surface area contributed by atoms with E-state index >= 15 is 0 Å². The molecule has 0 atom stereocenters. The molecule has 7 heteroatoms. The van der Waals surface area contributed by atoms with Gasteiger partial charge in [0.15, 0.2) is 0 Å². The summed E-state index contributed by atoms with van der Waals surface area (Å²) in [7, 11) is 1.58. The van der Waals surface area contributed by atoms with E-state index in [1.54, 1.807) is 7.11 Å². The number of carbonyl (C=O) groups is 2. The number of amides is 2. The molecule has 0 saturated carbocycles. The molecule has 0 radical (unpaired) electrons. The molecule has 1 N–H and O–H groups in total. The molecule has 2 amide bonds. The van der Waals surface area contributed by atoms with E-state index in [9.17, 15) is 9.59 Å². The van der Waals surface area contributed by atoms with Crippen molar-refractivity contribution in [2.45, 2.75) is 32.6 Å². The Balaban J connectivity index is 1.38. The summed E-state index contributed by atoms with van der Waals surface area (Å²) in [5, 5.41) is 3.66. The van der Waals surface area contributed by atoms with Crippen molar-refractivity contribution >= 4 is 29.1 Å². The van der Waals surface area contributed by atoms with E-state index in [0.29, 0.717) is 61.8 Å². The molecule has 0 aromatic heterocycles. The highest BCUT2D eigenvalue weighted by atomic mass is 35.5. The molecule has 1 heterocycles. The van der Waals surface area contributed by atoms with E-state index in [0.717, 1.165) is 11.3 Å². The summed E-state index contributed by atoms with van der Waals surface area (Å²) >= 11 is 6.02. The van der Waals surface area contributed by atoms with Gasteiger partial charge in [-0.15, -0.1) is 0 Å². The highest BCUT2D eigenvalue weighted by Crippen LogP contribution is 2.26. The van der Waals surface area contributed by atoms with Crippen molar-refractivity contribution < 1.29 is 19.1 Å². The lowest BCUT2D eigenvalue weighted by atomic mass is 9.95. The normalized spacial score (nSPS) is 14.2. The summed E-state index contributed by atoms with van der Waals surface area (Å²) in [6.45, 7) is 3.60. The van der Waals surface area contributed by atoms with Crippen molar-refractivity contribution in [3.8, 4) is 11.5 Å². The Bertz CT molecular complexity index is 910. The Kier molecular flexibility index (Phi) is 8.18. The van der Waals surface area contributed by atoms with Crippen LogP contribution in [0.5, 0.6) is 11.5 Å². The minimum atomic E-state index is -0.106. The van der Waals surface area contributed by atoms with Crippen LogP contribution >= 0.6 is 11.6 Å². The third-order valence-electron chi connectivity index (χ3n) is 5.52. The predicted molar refractivity (Wildman–Crippen MR) is 122 cm³/mol. The summed E-state index contributed by atoms with van der Waals surface area (Å²) in [6.07, 6.45) is 2.40. The number of ether oxygens (including phenoxy) is 2. The lowest BCUT2D eigenvalue weighted by Gasteiger charge is -2.31. The standard InChI is InChI=1S/C24H29ClN2O4/c1-17-16-19(9-10-20(17)25)31-15-5-8-23(28)27-13-11-18(12-14-27)24(29)26-21-6-3-4-7-22(21)30-2/h3-4,6-7,9-10,16,18H,5,8,11-15H2,1-2H3,(H,26,29). The molecule has 0 spiro atoms. The van der Waals surface area contributed by atoms with E-state index in [2.05, 4.69) is 5.32 Å². The number of piperidine rings is 1. The van der Waals surface area contributed by atoms with Crippen LogP contribution in [0, 0.1) is 12.8 Å². The number of likely N-dealkylation sites (tertiary alicyclic amines) is 1. The van der Waals surface area contributed by atoms with E-state index < -0.39 is 0 Å². The molecule has 0 bridgehead atoms. The van der Waals surface area contributed by atoms with Gasteiger partial charge in [-0.1, -0.05) is 23.7 Å². The van der Waals surface area contributed by atoms with Gasteiger partial charge in [0.25, 0.3) is 0 Å². The van der Waals surface area contributed by atoms with Gasteiger partial charge in [0.1, 0.15) is 11.5 Å².